The fourth-order valence-corrected chi connectivity index (χ4v) is 0.0527. The van der Waals surface area contributed by atoms with Gasteiger partial charge in [0.05, 0.1) is 14.5 Å². The van der Waals surface area contributed by atoms with Gasteiger partial charge in [-0.25, -0.2) is 4.89 Å². The summed E-state index contributed by atoms with van der Waals surface area (Å²) in [4.78, 5) is 3.57. The van der Waals surface area contributed by atoms with E-state index in [1.807, 2.05) is 0 Å². The van der Waals surface area contributed by atoms with Crippen molar-refractivity contribution >= 4 is 7.85 Å². The van der Waals surface area contributed by atoms with Gasteiger partial charge in [0.15, 0.2) is 0 Å². The summed E-state index contributed by atoms with van der Waals surface area (Å²) in [6.07, 6.45) is 0.372. The third kappa shape index (κ3) is 3.98. The van der Waals surface area contributed by atoms with Gasteiger partial charge in [-0.15, -0.1) is 0 Å². The predicted molar refractivity (Wildman–Crippen MR) is 19.1 cm³/mol. The Bertz CT molecular complexity index is 15.1. The van der Waals surface area contributed by atoms with Crippen LogP contribution >= 0.6 is 0 Å². The van der Waals surface area contributed by atoms with Crippen LogP contribution in [0.1, 0.15) is 0 Å². The summed E-state index contributed by atoms with van der Waals surface area (Å²) >= 11 is 0. The molecule has 0 aromatic carbocycles. The van der Waals surface area contributed by atoms with Crippen molar-refractivity contribution < 1.29 is 10.1 Å². The predicted octanol–water partition coefficient (Wildman–Crippen LogP) is 0.0628. The lowest BCUT2D eigenvalue weighted by Gasteiger charge is -1.81. The Morgan fingerprint density at radius 2 is 2.40 bits per heavy atom. The highest BCUT2D eigenvalue weighted by atomic mass is 17.1. The third-order valence-electron chi connectivity index (χ3n) is 0.209. The molecule has 0 heterocycles. The fraction of sp³-hybridized carbons (Fsp3) is 1.00. The normalized spacial score (nSPS) is 8.20. The average Bonchev–Trinajstić information content (AvgIpc) is 1.41. The Hall–Kier alpha value is -0.0151. The monoisotopic (exact) mass is 72.0 g/mol. The first kappa shape index (κ1) is 4.98. The zero-order chi connectivity index (χ0) is 4.12. The Kier molecular flexibility index (Phi) is 3.97. The van der Waals surface area contributed by atoms with Crippen molar-refractivity contribution in [2.24, 2.45) is 0 Å². The van der Waals surface area contributed by atoms with Crippen LogP contribution in [0, 0.1) is 0 Å². The summed E-state index contributed by atoms with van der Waals surface area (Å²) in [5.41, 5.74) is 0. The second-order valence-electron chi connectivity index (χ2n) is 0.622. The highest BCUT2D eigenvalue weighted by Crippen LogP contribution is 1.66. The maximum atomic E-state index is 7.49. The van der Waals surface area contributed by atoms with E-state index in [1.165, 1.54) is 0 Å². The molecule has 2 nitrogen and oxygen atoms in total. The highest BCUT2D eigenvalue weighted by molar-refractivity contribution is 6.08. The van der Waals surface area contributed by atoms with Gasteiger partial charge in [0, 0.05) is 0 Å². The molecule has 0 fully saturated rings. The number of hydrogen-bond acceptors (Lipinski definition) is 2. The molecule has 0 saturated heterocycles. The number of rotatable bonds is 2. The Labute approximate surface area is 32.1 Å². The van der Waals surface area contributed by atoms with Gasteiger partial charge in [-0.1, -0.05) is 6.32 Å². The topological polar surface area (TPSA) is 29.5 Å². The van der Waals surface area contributed by atoms with Crippen molar-refractivity contribution in [3.8, 4) is 0 Å². The molecule has 0 spiro atoms. The van der Waals surface area contributed by atoms with E-state index in [1.54, 1.807) is 0 Å². The molecule has 0 bridgehead atoms. The molecule has 0 aliphatic carbocycles. The highest BCUT2D eigenvalue weighted by Gasteiger charge is 1.68. The van der Waals surface area contributed by atoms with Crippen LogP contribution in [0.15, 0.2) is 0 Å². The molecule has 0 aliphatic rings. The summed E-state index contributed by atoms with van der Waals surface area (Å²) in [5, 5.41) is 7.49. The van der Waals surface area contributed by atoms with Crippen LogP contribution in [0.25, 0.3) is 0 Å². The molecule has 0 unspecified atom stereocenters. The van der Waals surface area contributed by atoms with Gasteiger partial charge in [-0.3, -0.25) is 5.26 Å². The van der Waals surface area contributed by atoms with Crippen molar-refractivity contribution in [3.63, 3.8) is 0 Å². The summed E-state index contributed by atoms with van der Waals surface area (Å²) in [6, 6.07) is 0. The lowest BCUT2D eigenvalue weighted by Crippen LogP contribution is -1.83. The first-order valence-electron chi connectivity index (χ1n) is 1.38. The van der Waals surface area contributed by atoms with Crippen LogP contribution in [-0.2, 0) is 4.89 Å². The molecule has 0 aromatic rings. The molecule has 0 amide bonds. The van der Waals surface area contributed by atoms with Gasteiger partial charge >= 0.3 is 0 Å². The van der Waals surface area contributed by atoms with E-state index in [9.17, 15) is 0 Å². The van der Waals surface area contributed by atoms with Crippen LogP contribution < -0.4 is 0 Å². The minimum atomic E-state index is 0.222. The summed E-state index contributed by atoms with van der Waals surface area (Å²) < 4.78 is 0. The van der Waals surface area contributed by atoms with E-state index in [2.05, 4.69) is 4.89 Å². The smallest absolute Gasteiger partial charge is 0.0742 e. The summed E-state index contributed by atoms with van der Waals surface area (Å²) in [6.45, 7) is 0.222. The van der Waals surface area contributed by atoms with Crippen molar-refractivity contribution in [2.75, 3.05) is 6.61 Å². The summed E-state index contributed by atoms with van der Waals surface area (Å²) in [5.74, 6) is 0. The van der Waals surface area contributed by atoms with Gasteiger partial charge in [0.2, 0.25) is 0 Å². The molecule has 5 heavy (non-hydrogen) atoms. The SMILES string of the molecule is [B]CCOO. The van der Waals surface area contributed by atoms with Crippen LogP contribution in [0.2, 0.25) is 6.32 Å². The molecule has 28 valence electrons. The van der Waals surface area contributed by atoms with Crippen LogP contribution in [0.3, 0.4) is 0 Å². The van der Waals surface area contributed by atoms with Crippen molar-refractivity contribution in [2.45, 2.75) is 6.32 Å². The van der Waals surface area contributed by atoms with Gasteiger partial charge in [0.25, 0.3) is 0 Å². The van der Waals surface area contributed by atoms with E-state index in [4.69, 9.17) is 13.1 Å². The lowest BCUT2D eigenvalue weighted by molar-refractivity contribution is -0.237. The Morgan fingerprint density at radius 3 is 2.40 bits per heavy atom. The van der Waals surface area contributed by atoms with Gasteiger partial charge in [-0.05, 0) is 0 Å². The van der Waals surface area contributed by atoms with Crippen LogP contribution in [-0.4, -0.2) is 19.7 Å². The molecule has 2 radical (unpaired) electrons. The van der Waals surface area contributed by atoms with Crippen LogP contribution in [0.4, 0.5) is 0 Å². The molecule has 0 rings (SSSR count). The van der Waals surface area contributed by atoms with Gasteiger partial charge in [-0.2, -0.15) is 0 Å². The first-order chi connectivity index (χ1) is 2.41. The maximum Gasteiger partial charge on any atom is 0.0742 e. The molecular formula is C2H5BO2. The van der Waals surface area contributed by atoms with Crippen molar-refractivity contribution in [1.29, 1.82) is 0 Å². The van der Waals surface area contributed by atoms with Gasteiger partial charge in [0.1, 0.15) is 0 Å². The van der Waals surface area contributed by atoms with Gasteiger partial charge < -0.3 is 0 Å². The minimum absolute atomic E-state index is 0.222. The van der Waals surface area contributed by atoms with E-state index in [0.717, 1.165) is 0 Å². The molecule has 0 aromatic heterocycles. The third-order valence-corrected chi connectivity index (χ3v) is 0.209. The molecule has 0 aliphatic heterocycles. The van der Waals surface area contributed by atoms with E-state index in [0.29, 0.717) is 6.32 Å². The molecule has 1 N–H and O–H groups in total. The molecule has 0 saturated carbocycles. The maximum absolute atomic E-state index is 7.49. The largest absolute Gasteiger partial charge is 0.252 e. The first-order valence-corrected chi connectivity index (χ1v) is 1.38. The van der Waals surface area contributed by atoms with Crippen molar-refractivity contribution in [3.05, 3.63) is 0 Å². The molecule has 0 atom stereocenters. The van der Waals surface area contributed by atoms with E-state index < -0.39 is 0 Å². The van der Waals surface area contributed by atoms with Crippen molar-refractivity contribution in [1.82, 2.24) is 0 Å². The standard InChI is InChI=1S/C2H5BO2/c3-1-2-5-4/h4H,1-2H2. The van der Waals surface area contributed by atoms with E-state index >= 15 is 0 Å². The average molecular weight is 71.9 g/mol. The fourth-order valence-electron chi connectivity index (χ4n) is 0.0527. The quantitative estimate of drug-likeness (QED) is 0.284. The second-order valence-corrected chi connectivity index (χ2v) is 0.622. The van der Waals surface area contributed by atoms with Crippen LogP contribution in [0.5, 0.6) is 0 Å². The molecular weight excluding hydrogens is 66.8 g/mol. The second kappa shape index (κ2) is 3.98. The minimum Gasteiger partial charge on any atom is -0.252 e. The Balaban J connectivity index is 2.19. The molecule has 3 heteroatoms. The Morgan fingerprint density at radius 1 is 1.80 bits per heavy atom. The lowest BCUT2D eigenvalue weighted by atomic mass is 10.1. The zero-order valence-electron chi connectivity index (χ0n) is 2.85. The zero-order valence-corrected chi connectivity index (χ0v) is 2.85. The van der Waals surface area contributed by atoms with E-state index in [-0.39, 0.29) is 6.61 Å². The summed E-state index contributed by atoms with van der Waals surface area (Å²) in [7, 11) is 4.85. The number of hydrogen-bond donors (Lipinski definition) is 1.